The molecule has 142 valence electrons. The van der Waals surface area contributed by atoms with Gasteiger partial charge in [-0.2, -0.15) is 0 Å². The van der Waals surface area contributed by atoms with Crippen molar-refractivity contribution in [2.45, 2.75) is 6.92 Å². The SMILES string of the molecule is CC(=O)Nc1ccc(C(=O)OCC(=O)c2c(N)n(C)c(=O)n(C)c2=O)cc1. The number of ether oxygens (including phenoxy) is 1. The van der Waals surface area contributed by atoms with E-state index in [9.17, 15) is 24.0 Å². The summed E-state index contributed by atoms with van der Waals surface area (Å²) in [6.45, 7) is 0.632. The number of amides is 1. The maximum absolute atomic E-state index is 12.3. The van der Waals surface area contributed by atoms with E-state index in [-0.39, 0.29) is 17.3 Å². The number of nitrogens with zero attached hydrogens (tertiary/aromatic N) is 2. The van der Waals surface area contributed by atoms with Crippen LogP contribution in [0.5, 0.6) is 0 Å². The Labute approximate surface area is 153 Å². The van der Waals surface area contributed by atoms with E-state index >= 15 is 0 Å². The molecule has 0 unspecified atom stereocenters. The molecule has 1 aromatic heterocycles. The Morgan fingerprint density at radius 2 is 1.67 bits per heavy atom. The molecule has 0 aliphatic rings. The molecule has 2 rings (SSSR count). The van der Waals surface area contributed by atoms with Crippen molar-refractivity contribution in [3.8, 4) is 0 Å². The molecule has 2 aromatic rings. The van der Waals surface area contributed by atoms with Crippen molar-refractivity contribution < 1.29 is 19.1 Å². The standard InChI is InChI=1S/C17H18N4O6/c1-9(22)19-11-6-4-10(5-7-11)16(25)27-8-12(23)13-14(18)20(2)17(26)21(3)15(13)24/h4-7H,8,18H2,1-3H3,(H,19,22). The van der Waals surface area contributed by atoms with Gasteiger partial charge in [0.1, 0.15) is 11.4 Å². The third-order valence-corrected chi connectivity index (χ3v) is 3.76. The summed E-state index contributed by atoms with van der Waals surface area (Å²) in [4.78, 5) is 59.2. The third kappa shape index (κ3) is 4.11. The van der Waals surface area contributed by atoms with Crippen molar-refractivity contribution >= 4 is 29.2 Å². The number of carbonyl (C=O) groups excluding carboxylic acids is 3. The lowest BCUT2D eigenvalue weighted by Crippen LogP contribution is -2.42. The van der Waals surface area contributed by atoms with Crippen LogP contribution in [-0.2, 0) is 23.6 Å². The lowest BCUT2D eigenvalue weighted by molar-refractivity contribution is -0.114. The Bertz CT molecular complexity index is 1030. The molecule has 10 heteroatoms. The van der Waals surface area contributed by atoms with Gasteiger partial charge in [0.05, 0.1) is 5.56 Å². The highest BCUT2D eigenvalue weighted by Crippen LogP contribution is 2.11. The number of nitrogens with two attached hydrogens (primary N) is 1. The fraction of sp³-hybridized carbons (Fsp3) is 0.235. The van der Waals surface area contributed by atoms with Gasteiger partial charge < -0.3 is 15.8 Å². The molecular formula is C17H18N4O6. The highest BCUT2D eigenvalue weighted by atomic mass is 16.5. The maximum atomic E-state index is 12.3. The zero-order valence-electron chi connectivity index (χ0n) is 14.9. The summed E-state index contributed by atoms with van der Waals surface area (Å²) in [5.74, 6) is -2.18. The number of rotatable bonds is 5. The van der Waals surface area contributed by atoms with Crippen molar-refractivity contribution in [3.05, 3.63) is 56.2 Å². The second-order valence-corrected chi connectivity index (χ2v) is 5.72. The van der Waals surface area contributed by atoms with Gasteiger partial charge in [0.25, 0.3) is 5.56 Å². The predicted molar refractivity (Wildman–Crippen MR) is 96.7 cm³/mol. The molecule has 0 saturated carbocycles. The van der Waals surface area contributed by atoms with Crippen LogP contribution >= 0.6 is 0 Å². The number of hydrogen-bond acceptors (Lipinski definition) is 7. The number of ketones is 1. The molecule has 0 fully saturated rings. The first-order valence-corrected chi connectivity index (χ1v) is 7.77. The smallest absolute Gasteiger partial charge is 0.338 e. The summed E-state index contributed by atoms with van der Waals surface area (Å²) in [6.07, 6.45) is 0. The van der Waals surface area contributed by atoms with Crippen LogP contribution in [-0.4, -0.2) is 33.4 Å². The Morgan fingerprint density at radius 1 is 1.07 bits per heavy atom. The Morgan fingerprint density at radius 3 is 2.22 bits per heavy atom. The number of Topliss-reactive ketones (excluding diaryl/α,β-unsaturated/α-hetero) is 1. The number of carbonyl (C=O) groups is 3. The minimum absolute atomic E-state index is 0.151. The van der Waals surface area contributed by atoms with E-state index in [4.69, 9.17) is 10.5 Å². The van der Waals surface area contributed by atoms with Crippen LogP contribution in [0.2, 0.25) is 0 Å². The summed E-state index contributed by atoms with van der Waals surface area (Å²) >= 11 is 0. The second-order valence-electron chi connectivity index (χ2n) is 5.72. The number of nitrogen functional groups attached to an aromatic ring is 1. The molecule has 0 atom stereocenters. The molecule has 0 spiro atoms. The highest BCUT2D eigenvalue weighted by Gasteiger charge is 2.21. The average Bonchev–Trinajstić information content (AvgIpc) is 2.63. The molecule has 0 bridgehead atoms. The monoisotopic (exact) mass is 374 g/mol. The average molecular weight is 374 g/mol. The van der Waals surface area contributed by atoms with E-state index in [1.54, 1.807) is 0 Å². The molecule has 1 amide bonds. The van der Waals surface area contributed by atoms with Crippen molar-refractivity contribution in [2.24, 2.45) is 14.1 Å². The van der Waals surface area contributed by atoms with Crippen molar-refractivity contribution in [3.63, 3.8) is 0 Å². The largest absolute Gasteiger partial charge is 0.454 e. The van der Waals surface area contributed by atoms with Crippen molar-refractivity contribution in [1.82, 2.24) is 9.13 Å². The third-order valence-electron chi connectivity index (χ3n) is 3.76. The Hall–Kier alpha value is -3.69. The summed E-state index contributed by atoms with van der Waals surface area (Å²) < 4.78 is 6.62. The molecule has 1 aromatic carbocycles. The molecule has 10 nitrogen and oxygen atoms in total. The number of benzene rings is 1. The van der Waals surface area contributed by atoms with Gasteiger partial charge in [-0.3, -0.25) is 23.5 Å². The molecule has 0 saturated heterocycles. The van der Waals surface area contributed by atoms with E-state index in [0.29, 0.717) is 5.69 Å². The van der Waals surface area contributed by atoms with Gasteiger partial charge in [-0.25, -0.2) is 9.59 Å². The molecule has 0 aliphatic heterocycles. The van der Waals surface area contributed by atoms with Crippen LogP contribution in [0.25, 0.3) is 0 Å². The summed E-state index contributed by atoms with van der Waals surface area (Å²) in [5.41, 5.74) is 4.37. The molecule has 27 heavy (non-hydrogen) atoms. The van der Waals surface area contributed by atoms with E-state index in [2.05, 4.69) is 5.32 Å². The van der Waals surface area contributed by atoms with Gasteiger partial charge in [-0.15, -0.1) is 0 Å². The zero-order valence-corrected chi connectivity index (χ0v) is 14.9. The van der Waals surface area contributed by atoms with Crippen LogP contribution in [0, 0.1) is 0 Å². The molecule has 1 heterocycles. The topological polar surface area (TPSA) is 142 Å². The molecule has 3 N–H and O–H groups in total. The normalized spacial score (nSPS) is 10.3. The van der Waals surface area contributed by atoms with E-state index in [1.165, 1.54) is 45.3 Å². The first-order valence-electron chi connectivity index (χ1n) is 7.77. The second kappa shape index (κ2) is 7.68. The number of esters is 1. The number of nitrogens with one attached hydrogen (secondary N) is 1. The highest BCUT2D eigenvalue weighted by molar-refractivity contribution is 6.02. The molecule has 0 radical (unpaired) electrons. The zero-order chi connectivity index (χ0) is 20.3. The first-order chi connectivity index (χ1) is 12.6. The number of aromatic nitrogens is 2. The quantitative estimate of drug-likeness (QED) is 0.538. The van der Waals surface area contributed by atoms with Crippen molar-refractivity contribution in [1.29, 1.82) is 0 Å². The Kier molecular flexibility index (Phi) is 5.59. The van der Waals surface area contributed by atoms with Crippen LogP contribution in [0.3, 0.4) is 0 Å². The minimum atomic E-state index is -0.865. The fourth-order valence-electron chi connectivity index (χ4n) is 2.30. The van der Waals surface area contributed by atoms with Gasteiger partial charge in [-0.05, 0) is 24.3 Å². The Balaban J connectivity index is 2.14. The summed E-state index contributed by atoms with van der Waals surface area (Å²) in [7, 11) is 2.53. The fourth-order valence-corrected chi connectivity index (χ4v) is 2.30. The summed E-state index contributed by atoms with van der Waals surface area (Å²) in [5, 5.41) is 2.55. The van der Waals surface area contributed by atoms with Gasteiger partial charge in [0.15, 0.2) is 6.61 Å². The van der Waals surface area contributed by atoms with Crippen LogP contribution in [0.4, 0.5) is 11.5 Å². The first kappa shape index (κ1) is 19.6. The van der Waals surface area contributed by atoms with Gasteiger partial charge in [0, 0.05) is 26.7 Å². The van der Waals surface area contributed by atoms with Gasteiger partial charge in [-0.1, -0.05) is 0 Å². The van der Waals surface area contributed by atoms with E-state index < -0.39 is 35.2 Å². The lowest BCUT2D eigenvalue weighted by atomic mass is 10.2. The molecule has 0 aliphatic carbocycles. The maximum Gasteiger partial charge on any atom is 0.338 e. The minimum Gasteiger partial charge on any atom is -0.454 e. The van der Waals surface area contributed by atoms with E-state index in [1.807, 2.05) is 0 Å². The van der Waals surface area contributed by atoms with Crippen molar-refractivity contribution in [2.75, 3.05) is 17.7 Å². The number of hydrogen-bond donors (Lipinski definition) is 2. The molecular weight excluding hydrogens is 356 g/mol. The van der Waals surface area contributed by atoms with Gasteiger partial charge >= 0.3 is 11.7 Å². The van der Waals surface area contributed by atoms with Crippen LogP contribution < -0.4 is 22.3 Å². The predicted octanol–water partition coefficient (Wildman–Crippen LogP) is -0.336. The van der Waals surface area contributed by atoms with E-state index in [0.717, 1.165) is 9.13 Å². The lowest BCUT2D eigenvalue weighted by Gasteiger charge is -2.11. The summed E-state index contributed by atoms with van der Waals surface area (Å²) in [6, 6.07) is 5.83. The van der Waals surface area contributed by atoms with Gasteiger partial charge in [0.2, 0.25) is 11.7 Å². The van der Waals surface area contributed by atoms with Crippen LogP contribution in [0.15, 0.2) is 33.9 Å². The number of anilines is 2. The van der Waals surface area contributed by atoms with Crippen LogP contribution in [0.1, 0.15) is 27.6 Å².